The van der Waals surface area contributed by atoms with Crippen molar-refractivity contribution in [2.24, 2.45) is 0 Å². The average Bonchev–Trinajstić information content (AvgIpc) is 3.28. The van der Waals surface area contributed by atoms with Gasteiger partial charge in [-0.05, 0) is 85.5 Å². The number of hydrogen-bond donors (Lipinski definition) is 0. The van der Waals surface area contributed by atoms with E-state index >= 15 is 0 Å². The Labute approximate surface area is 239 Å². The van der Waals surface area contributed by atoms with E-state index in [1.165, 1.54) is 66.8 Å². The van der Waals surface area contributed by atoms with Crippen LogP contribution in [0.3, 0.4) is 0 Å². The molecule has 0 aliphatic carbocycles. The van der Waals surface area contributed by atoms with E-state index in [2.05, 4.69) is 156 Å². The molecule has 2 aliphatic rings. The molecule has 0 unspecified atom stereocenters. The second kappa shape index (κ2) is 8.73. The van der Waals surface area contributed by atoms with E-state index in [0.29, 0.717) is 0 Å². The Morgan fingerprint density at radius 1 is 0.500 bits per heavy atom. The normalized spacial score (nSPS) is 13.7. The van der Waals surface area contributed by atoms with Gasteiger partial charge >= 0.3 is 0 Å². The van der Waals surface area contributed by atoms with Crippen LogP contribution < -0.4 is 21.3 Å². The molecule has 0 atom stereocenters. The highest BCUT2D eigenvalue weighted by atomic mass is 15.2. The molecule has 40 heavy (non-hydrogen) atoms. The first kappa shape index (κ1) is 25.0. The summed E-state index contributed by atoms with van der Waals surface area (Å²) in [6.45, 7) is 14.0. The zero-order valence-electron chi connectivity index (χ0n) is 24.4. The molecule has 0 radical (unpaired) electrons. The van der Waals surface area contributed by atoms with Crippen LogP contribution in [0.4, 0.5) is 17.1 Å². The van der Waals surface area contributed by atoms with Crippen LogP contribution >= 0.6 is 0 Å². The number of rotatable bonds is 2. The minimum Gasteiger partial charge on any atom is -0.311 e. The van der Waals surface area contributed by atoms with Crippen molar-refractivity contribution in [2.45, 2.75) is 52.4 Å². The third-order valence-corrected chi connectivity index (χ3v) is 8.79. The van der Waals surface area contributed by atoms with E-state index in [1.807, 2.05) is 0 Å². The first-order valence-electron chi connectivity index (χ1n) is 14.5. The summed E-state index contributed by atoms with van der Waals surface area (Å²) in [7, 11) is 0. The zero-order valence-corrected chi connectivity index (χ0v) is 24.4. The number of anilines is 3. The minimum atomic E-state index is 0.0760. The molecule has 0 aromatic heterocycles. The fraction of sp³-hybridized carbons (Fsp3) is 0.211. The molecule has 2 heterocycles. The van der Waals surface area contributed by atoms with E-state index in [0.717, 1.165) is 0 Å². The number of hydrogen-bond acceptors (Lipinski definition) is 1. The van der Waals surface area contributed by atoms with Gasteiger partial charge in [-0.15, -0.1) is 0 Å². The standard InChI is InChI=1S/C38H36BN/c1-37(2,3)27-16-19-29(20-17-27)40-34-21-18-28(38(4,5)6)24-33(34)39-32-15-11-10-14-30(32)31-22-26(23-35(40)36(31)39)25-12-8-7-9-13-25/h7-24H,1-6H3. The molecular formula is C38H36BN. The minimum absolute atomic E-state index is 0.0760. The van der Waals surface area contributed by atoms with Crippen LogP contribution in [-0.4, -0.2) is 6.71 Å². The third-order valence-electron chi connectivity index (χ3n) is 8.79. The predicted molar refractivity (Wildman–Crippen MR) is 174 cm³/mol. The maximum absolute atomic E-state index is 2.52. The summed E-state index contributed by atoms with van der Waals surface area (Å²) in [6.07, 6.45) is 0. The summed E-state index contributed by atoms with van der Waals surface area (Å²) in [5.41, 5.74) is 16.2. The highest BCUT2D eigenvalue weighted by molar-refractivity contribution is 7.01. The van der Waals surface area contributed by atoms with Crippen LogP contribution in [0.2, 0.25) is 0 Å². The van der Waals surface area contributed by atoms with Crippen molar-refractivity contribution in [2.75, 3.05) is 4.90 Å². The van der Waals surface area contributed by atoms with Gasteiger partial charge in [0.25, 0.3) is 0 Å². The zero-order chi connectivity index (χ0) is 27.8. The van der Waals surface area contributed by atoms with E-state index in [4.69, 9.17) is 0 Å². The van der Waals surface area contributed by atoms with Crippen molar-refractivity contribution < 1.29 is 0 Å². The Morgan fingerprint density at radius 3 is 1.85 bits per heavy atom. The fourth-order valence-electron chi connectivity index (χ4n) is 6.59. The lowest BCUT2D eigenvalue weighted by atomic mass is 9.37. The highest BCUT2D eigenvalue weighted by Gasteiger charge is 2.43. The molecule has 0 spiro atoms. The Balaban J connectivity index is 1.54. The number of fused-ring (bicyclic) bond motifs is 5. The van der Waals surface area contributed by atoms with Gasteiger partial charge in [0.2, 0.25) is 6.71 Å². The predicted octanol–water partition coefficient (Wildman–Crippen LogP) is 8.23. The van der Waals surface area contributed by atoms with Crippen LogP contribution in [0.15, 0.2) is 109 Å². The Morgan fingerprint density at radius 2 is 1.15 bits per heavy atom. The van der Waals surface area contributed by atoms with Crippen LogP contribution in [0.5, 0.6) is 0 Å². The van der Waals surface area contributed by atoms with Crippen LogP contribution in [0.1, 0.15) is 52.7 Å². The van der Waals surface area contributed by atoms with Crippen molar-refractivity contribution in [1.29, 1.82) is 0 Å². The lowest BCUT2D eigenvalue weighted by molar-refractivity contribution is 0.590. The Bertz CT molecular complexity index is 1750. The van der Waals surface area contributed by atoms with Gasteiger partial charge in [0.1, 0.15) is 0 Å². The molecular weight excluding hydrogens is 481 g/mol. The van der Waals surface area contributed by atoms with Crippen LogP contribution in [0, 0.1) is 0 Å². The van der Waals surface area contributed by atoms with Crippen molar-refractivity contribution in [3.8, 4) is 22.3 Å². The van der Waals surface area contributed by atoms with Crippen LogP contribution in [-0.2, 0) is 10.8 Å². The van der Waals surface area contributed by atoms with Gasteiger partial charge in [0.15, 0.2) is 0 Å². The molecule has 1 nitrogen and oxygen atoms in total. The molecule has 5 aromatic carbocycles. The quantitative estimate of drug-likeness (QED) is 0.209. The summed E-state index contributed by atoms with van der Waals surface area (Å²) >= 11 is 0. The topological polar surface area (TPSA) is 3.24 Å². The number of benzene rings is 5. The summed E-state index contributed by atoms with van der Waals surface area (Å²) in [5, 5.41) is 0. The monoisotopic (exact) mass is 517 g/mol. The summed E-state index contributed by atoms with van der Waals surface area (Å²) in [4.78, 5) is 2.52. The van der Waals surface area contributed by atoms with Gasteiger partial charge in [0.05, 0.1) is 0 Å². The van der Waals surface area contributed by atoms with Gasteiger partial charge in [0, 0.05) is 17.1 Å². The van der Waals surface area contributed by atoms with Crippen LogP contribution in [0.25, 0.3) is 22.3 Å². The molecule has 2 aliphatic heterocycles. The summed E-state index contributed by atoms with van der Waals surface area (Å²) in [6, 6.07) is 41.1. The first-order valence-corrected chi connectivity index (χ1v) is 14.5. The molecule has 0 amide bonds. The highest BCUT2D eigenvalue weighted by Crippen LogP contribution is 2.43. The maximum Gasteiger partial charge on any atom is 0.248 e. The lowest BCUT2D eigenvalue weighted by Gasteiger charge is -2.37. The van der Waals surface area contributed by atoms with E-state index in [9.17, 15) is 0 Å². The van der Waals surface area contributed by atoms with Gasteiger partial charge < -0.3 is 4.90 Å². The van der Waals surface area contributed by atoms with Gasteiger partial charge in [-0.2, -0.15) is 0 Å². The molecule has 2 heteroatoms. The summed E-state index contributed by atoms with van der Waals surface area (Å²) < 4.78 is 0. The van der Waals surface area contributed by atoms with Crippen molar-refractivity contribution in [3.63, 3.8) is 0 Å². The smallest absolute Gasteiger partial charge is 0.248 e. The molecule has 0 bridgehead atoms. The second-order valence-corrected chi connectivity index (χ2v) is 13.5. The van der Waals surface area contributed by atoms with Crippen molar-refractivity contribution in [3.05, 3.63) is 120 Å². The molecule has 0 saturated heterocycles. The van der Waals surface area contributed by atoms with Gasteiger partial charge in [-0.1, -0.05) is 126 Å². The second-order valence-electron chi connectivity index (χ2n) is 13.5. The Hall–Kier alpha value is -4.04. The first-order chi connectivity index (χ1) is 19.1. The van der Waals surface area contributed by atoms with Gasteiger partial charge in [-0.3, -0.25) is 0 Å². The molecule has 196 valence electrons. The number of nitrogens with zero attached hydrogens (tertiary/aromatic N) is 1. The van der Waals surface area contributed by atoms with Crippen molar-refractivity contribution >= 4 is 40.2 Å². The fourth-order valence-corrected chi connectivity index (χ4v) is 6.59. The lowest BCUT2D eigenvalue weighted by Crippen LogP contribution is -2.55. The largest absolute Gasteiger partial charge is 0.311 e. The van der Waals surface area contributed by atoms with E-state index < -0.39 is 0 Å². The maximum atomic E-state index is 2.52. The molecule has 0 fully saturated rings. The molecule has 0 saturated carbocycles. The SMILES string of the molecule is CC(C)(C)c1ccc(N2c3ccc(C(C)(C)C)cc3B3c4ccccc4-c4cc(-c5ccccc5)cc2c43)cc1. The van der Waals surface area contributed by atoms with E-state index in [1.54, 1.807) is 0 Å². The Kier molecular flexibility index (Phi) is 5.45. The van der Waals surface area contributed by atoms with Gasteiger partial charge in [-0.25, -0.2) is 0 Å². The van der Waals surface area contributed by atoms with E-state index in [-0.39, 0.29) is 17.5 Å². The average molecular weight is 518 g/mol. The third kappa shape index (κ3) is 3.85. The molecule has 0 N–H and O–H groups in total. The molecule has 7 rings (SSSR count). The molecule has 5 aromatic rings. The summed E-state index contributed by atoms with van der Waals surface area (Å²) in [5.74, 6) is 0. The van der Waals surface area contributed by atoms with Crippen molar-refractivity contribution in [1.82, 2.24) is 0 Å².